The molecule has 1 aliphatic rings. The molecule has 0 radical (unpaired) electrons. The lowest BCUT2D eigenvalue weighted by atomic mass is 10.1. The Balaban J connectivity index is 1.68. The van der Waals surface area contributed by atoms with Crippen molar-refractivity contribution in [1.29, 1.82) is 0 Å². The Labute approximate surface area is 115 Å². The molecule has 106 valence electrons. The minimum atomic E-state index is 0.305. The van der Waals surface area contributed by atoms with Gasteiger partial charge in [-0.25, -0.2) is 0 Å². The van der Waals surface area contributed by atoms with Crippen molar-refractivity contribution < 1.29 is 14.2 Å². The molecular weight excluding hydrogens is 242 g/mol. The van der Waals surface area contributed by atoms with Crippen molar-refractivity contribution >= 4 is 0 Å². The molecule has 4 nitrogen and oxygen atoms in total. The standard InChI is InChI=1S/C15H23NO3/c1-12(2)17-8-7-16-6-5-13-3-4-14-15(11-13)19-10-9-18-14/h3-4,11-12,16H,5-10H2,1-2H3. The first-order valence-electron chi connectivity index (χ1n) is 6.96. The van der Waals surface area contributed by atoms with Crippen LogP contribution < -0.4 is 14.8 Å². The maximum Gasteiger partial charge on any atom is 0.161 e. The van der Waals surface area contributed by atoms with Crippen LogP contribution in [0.4, 0.5) is 0 Å². The van der Waals surface area contributed by atoms with Crippen molar-refractivity contribution in [3.8, 4) is 11.5 Å². The number of fused-ring (bicyclic) bond motifs is 1. The van der Waals surface area contributed by atoms with Crippen LogP contribution in [-0.4, -0.2) is 39.0 Å². The smallest absolute Gasteiger partial charge is 0.161 e. The van der Waals surface area contributed by atoms with Crippen molar-refractivity contribution in [2.45, 2.75) is 26.4 Å². The van der Waals surface area contributed by atoms with Crippen LogP contribution in [0.25, 0.3) is 0 Å². The Bertz CT molecular complexity index is 393. The molecule has 1 aromatic carbocycles. The summed E-state index contributed by atoms with van der Waals surface area (Å²) in [5.74, 6) is 1.72. The van der Waals surface area contributed by atoms with Crippen LogP contribution in [0.15, 0.2) is 18.2 Å². The highest BCUT2D eigenvalue weighted by Gasteiger charge is 2.11. The van der Waals surface area contributed by atoms with Gasteiger partial charge in [0.15, 0.2) is 11.5 Å². The van der Waals surface area contributed by atoms with Gasteiger partial charge in [-0.05, 0) is 44.5 Å². The van der Waals surface area contributed by atoms with E-state index < -0.39 is 0 Å². The van der Waals surface area contributed by atoms with Crippen LogP contribution in [0.2, 0.25) is 0 Å². The number of rotatable bonds is 7. The first-order valence-corrected chi connectivity index (χ1v) is 6.96. The molecule has 0 aliphatic carbocycles. The fourth-order valence-corrected chi connectivity index (χ4v) is 1.97. The molecule has 0 atom stereocenters. The third kappa shape index (κ3) is 4.73. The van der Waals surface area contributed by atoms with Gasteiger partial charge in [-0.1, -0.05) is 6.07 Å². The maximum atomic E-state index is 5.57. The highest BCUT2D eigenvalue weighted by atomic mass is 16.6. The SMILES string of the molecule is CC(C)OCCNCCc1ccc2c(c1)OCCO2. The molecule has 4 heteroatoms. The number of ether oxygens (including phenoxy) is 3. The summed E-state index contributed by atoms with van der Waals surface area (Å²) >= 11 is 0. The lowest BCUT2D eigenvalue weighted by Crippen LogP contribution is -2.23. The van der Waals surface area contributed by atoms with Crippen molar-refractivity contribution in [3.05, 3.63) is 23.8 Å². The van der Waals surface area contributed by atoms with E-state index in [-0.39, 0.29) is 0 Å². The molecule has 1 heterocycles. The second-order valence-corrected chi connectivity index (χ2v) is 4.90. The van der Waals surface area contributed by atoms with Gasteiger partial charge in [0, 0.05) is 6.54 Å². The third-order valence-corrected chi connectivity index (χ3v) is 2.93. The number of hydrogen-bond acceptors (Lipinski definition) is 4. The van der Waals surface area contributed by atoms with Gasteiger partial charge in [0.25, 0.3) is 0 Å². The Morgan fingerprint density at radius 2 is 1.95 bits per heavy atom. The van der Waals surface area contributed by atoms with Crippen LogP contribution in [0.1, 0.15) is 19.4 Å². The number of hydrogen-bond donors (Lipinski definition) is 1. The van der Waals surface area contributed by atoms with E-state index in [1.54, 1.807) is 0 Å². The molecule has 0 unspecified atom stereocenters. The molecule has 0 saturated carbocycles. The zero-order valence-electron chi connectivity index (χ0n) is 11.8. The lowest BCUT2D eigenvalue weighted by molar-refractivity contribution is 0.0810. The normalized spacial score (nSPS) is 13.8. The minimum absolute atomic E-state index is 0.305. The van der Waals surface area contributed by atoms with Crippen LogP contribution in [0.3, 0.4) is 0 Å². The second kappa shape index (κ2) is 7.36. The Kier molecular flexibility index (Phi) is 5.48. The van der Waals surface area contributed by atoms with E-state index in [4.69, 9.17) is 14.2 Å². The fourth-order valence-electron chi connectivity index (χ4n) is 1.97. The molecular formula is C15H23NO3. The first-order chi connectivity index (χ1) is 9.25. The van der Waals surface area contributed by atoms with E-state index >= 15 is 0 Å². The summed E-state index contributed by atoms with van der Waals surface area (Å²) < 4.78 is 16.5. The van der Waals surface area contributed by atoms with E-state index in [9.17, 15) is 0 Å². The first kappa shape index (κ1) is 14.2. The van der Waals surface area contributed by atoms with E-state index in [0.717, 1.165) is 37.6 Å². The number of nitrogens with one attached hydrogen (secondary N) is 1. The summed E-state index contributed by atoms with van der Waals surface area (Å²) in [6, 6.07) is 6.16. The van der Waals surface area contributed by atoms with Crippen molar-refractivity contribution in [3.63, 3.8) is 0 Å². The Morgan fingerprint density at radius 3 is 2.74 bits per heavy atom. The zero-order chi connectivity index (χ0) is 13.5. The monoisotopic (exact) mass is 265 g/mol. The summed E-state index contributed by atoms with van der Waals surface area (Å²) in [5.41, 5.74) is 1.27. The molecule has 19 heavy (non-hydrogen) atoms. The summed E-state index contributed by atoms with van der Waals surface area (Å²) in [6.07, 6.45) is 1.29. The molecule has 0 saturated heterocycles. The van der Waals surface area contributed by atoms with Gasteiger partial charge in [-0.15, -0.1) is 0 Å². The fraction of sp³-hybridized carbons (Fsp3) is 0.600. The van der Waals surface area contributed by atoms with Gasteiger partial charge < -0.3 is 19.5 Å². The third-order valence-electron chi connectivity index (χ3n) is 2.93. The van der Waals surface area contributed by atoms with Gasteiger partial charge in [0.05, 0.1) is 12.7 Å². The maximum absolute atomic E-state index is 5.57. The Hall–Kier alpha value is -1.26. The van der Waals surface area contributed by atoms with Crippen LogP contribution in [0.5, 0.6) is 11.5 Å². The molecule has 2 rings (SSSR count). The lowest BCUT2D eigenvalue weighted by Gasteiger charge is -2.18. The molecule has 0 bridgehead atoms. The predicted molar refractivity (Wildman–Crippen MR) is 75.1 cm³/mol. The van der Waals surface area contributed by atoms with Crippen LogP contribution in [0, 0.1) is 0 Å². The molecule has 0 fully saturated rings. The topological polar surface area (TPSA) is 39.7 Å². The van der Waals surface area contributed by atoms with E-state index in [0.29, 0.717) is 19.3 Å². The van der Waals surface area contributed by atoms with E-state index in [2.05, 4.69) is 31.3 Å². The summed E-state index contributed by atoms with van der Waals surface area (Å²) in [6.45, 7) is 7.98. The minimum Gasteiger partial charge on any atom is -0.486 e. The predicted octanol–water partition coefficient (Wildman–Crippen LogP) is 2.01. The molecule has 0 spiro atoms. The van der Waals surface area contributed by atoms with Crippen molar-refractivity contribution in [1.82, 2.24) is 5.32 Å². The van der Waals surface area contributed by atoms with Gasteiger partial charge >= 0.3 is 0 Å². The number of benzene rings is 1. The van der Waals surface area contributed by atoms with E-state index in [1.807, 2.05) is 6.07 Å². The molecule has 0 aromatic heterocycles. The van der Waals surface area contributed by atoms with Crippen LogP contribution >= 0.6 is 0 Å². The van der Waals surface area contributed by atoms with Gasteiger partial charge in [0.2, 0.25) is 0 Å². The molecule has 1 N–H and O–H groups in total. The Morgan fingerprint density at radius 1 is 1.16 bits per heavy atom. The quantitative estimate of drug-likeness (QED) is 0.766. The highest BCUT2D eigenvalue weighted by molar-refractivity contribution is 5.43. The molecule has 1 aliphatic heterocycles. The second-order valence-electron chi connectivity index (χ2n) is 4.90. The molecule has 0 amide bonds. The molecule has 1 aromatic rings. The average Bonchev–Trinajstić information content (AvgIpc) is 2.42. The van der Waals surface area contributed by atoms with Gasteiger partial charge in [0.1, 0.15) is 13.2 Å². The average molecular weight is 265 g/mol. The van der Waals surface area contributed by atoms with Crippen molar-refractivity contribution in [2.75, 3.05) is 32.9 Å². The van der Waals surface area contributed by atoms with Gasteiger partial charge in [-0.2, -0.15) is 0 Å². The largest absolute Gasteiger partial charge is 0.486 e. The summed E-state index contributed by atoms with van der Waals surface area (Å²) in [4.78, 5) is 0. The van der Waals surface area contributed by atoms with Crippen LogP contribution in [-0.2, 0) is 11.2 Å². The summed E-state index contributed by atoms with van der Waals surface area (Å²) in [5, 5.41) is 3.37. The van der Waals surface area contributed by atoms with Gasteiger partial charge in [-0.3, -0.25) is 0 Å². The zero-order valence-corrected chi connectivity index (χ0v) is 11.8. The highest BCUT2D eigenvalue weighted by Crippen LogP contribution is 2.30. The summed E-state index contributed by atoms with van der Waals surface area (Å²) in [7, 11) is 0. The van der Waals surface area contributed by atoms with Crippen molar-refractivity contribution in [2.24, 2.45) is 0 Å². The van der Waals surface area contributed by atoms with E-state index in [1.165, 1.54) is 5.56 Å².